The van der Waals surface area contributed by atoms with E-state index in [4.69, 9.17) is 13.9 Å². The molecule has 5 aromatic rings. The smallest absolute Gasteiger partial charge is 0.351 e. The van der Waals surface area contributed by atoms with Gasteiger partial charge in [0.2, 0.25) is 0 Å². The van der Waals surface area contributed by atoms with Crippen molar-refractivity contribution in [3.63, 3.8) is 0 Å². The number of halogens is 1. The van der Waals surface area contributed by atoms with Crippen LogP contribution in [0.1, 0.15) is 47.7 Å². The van der Waals surface area contributed by atoms with E-state index in [0.29, 0.717) is 5.56 Å². The summed E-state index contributed by atoms with van der Waals surface area (Å²) in [6.45, 7) is 6.22. The number of ether oxygens (including phenoxy) is 2. The van der Waals surface area contributed by atoms with Gasteiger partial charge in [-0.3, -0.25) is 9.36 Å². The number of benzene rings is 4. The van der Waals surface area contributed by atoms with Crippen LogP contribution >= 0.6 is 0 Å². The van der Waals surface area contributed by atoms with Gasteiger partial charge in [-0.25, -0.2) is 14.0 Å². The highest BCUT2D eigenvalue weighted by Crippen LogP contribution is 2.39. The van der Waals surface area contributed by atoms with Gasteiger partial charge in [-0.1, -0.05) is 118 Å². The summed E-state index contributed by atoms with van der Waals surface area (Å²) in [5, 5.41) is 4.22. The van der Waals surface area contributed by atoms with Crippen LogP contribution < -0.4 is 21.4 Å². The number of nitrogens with one attached hydrogen (secondary N) is 1. The summed E-state index contributed by atoms with van der Waals surface area (Å²) in [4.78, 5) is 43.2. The SMILES string of the molecule is CC(C)(C)[Si](OC[C@H]1O[C@@H](n2ccc(NC(=O)c3ccccc3)nc2=O)[C@@H](F)[C@@H]1OC(=O)c1ccccc1)(c1ccccc1)c1ccccc1. The Hall–Kier alpha value is -5.23. The zero-order chi connectivity index (χ0) is 35.3. The van der Waals surface area contributed by atoms with E-state index < -0.39 is 50.5 Å². The molecule has 50 heavy (non-hydrogen) atoms. The molecule has 4 atom stereocenters. The number of esters is 1. The standard InChI is InChI=1S/C39H38FN3O6Si/c1-39(2,3)50(29-20-12-6-13-21-29,30-22-14-7-15-23-30)47-26-31-34(49-37(45)28-18-10-5-11-19-28)33(40)36(48-31)43-25-24-32(42-38(43)46)41-35(44)27-16-8-4-9-17-27/h4-25,31,33-34,36H,26H2,1-3H3,(H,41,42,44,46)/t31-,33+,34-,36-/m1/s1. The average Bonchev–Trinajstić information content (AvgIpc) is 3.43. The second-order valence-corrected chi connectivity index (χ2v) is 17.3. The van der Waals surface area contributed by atoms with Crippen molar-refractivity contribution in [3.8, 4) is 0 Å². The summed E-state index contributed by atoms with van der Waals surface area (Å²) in [6.07, 6.45) is -4.66. The summed E-state index contributed by atoms with van der Waals surface area (Å²) in [7, 11) is -3.10. The summed E-state index contributed by atoms with van der Waals surface area (Å²) < 4.78 is 36.7. The number of hydrogen-bond acceptors (Lipinski definition) is 7. The Bertz CT molecular complexity index is 1930. The number of nitrogens with zero attached hydrogens (tertiary/aromatic N) is 2. The predicted molar refractivity (Wildman–Crippen MR) is 191 cm³/mol. The lowest BCUT2D eigenvalue weighted by Gasteiger charge is -2.43. The molecule has 0 spiro atoms. The van der Waals surface area contributed by atoms with Crippen LogP contribution in [0.3, 0.4) is 0 Å². The second kappa shape index (κ2) is 14.7. The molecule has 0 aliphatic carbocycles. The maximum atomic E-state index is 16.6. The summed E-state index contributed by atoms with van der Waals surface area (Å²) in [5.74, 6) is -1.20. The molecule has 1 aromatic heterocycles. The van der Waals surface area contributed by atoms with Crippen molar-refractivity contribution >= 4 is 36.4 Å². The van der Waals surface area contributed by atoms with E-state index in [2.05, 4.69) is 31.1 Å². The first-order chi connectivity index (χ1) is 24.1. The third-order valence-corrected chi connectivity index (χ3v) is 13.8. The zero-order valence-electron chi connectivity index (χ0n) is 27.9. The van der Waals surface area contributed by atoms with Crippen molar-refractivity contribution in [2.75, 3.05) is 11.9 Å². The molecule has 0 bridgehead atoms. The molecule has 1 N–H and O–H groups in total. The Morgan fingerprint density at radius 1 is 0.820 bits per heavy atom. The third kappa shape index (κ3) is 7.06. The molecule has 0 unspecified atom stereocenters. The van der Waals surface area contributed by atoms with Gasteiger partial charge in [0.25, 0.3) is 14.2 Å². The number of aromatic nitrogens is 2. The average molecular weight is 692 g/mol. The van der Waals surface area contributed by atoms with E-state index in [-0.39, 0.29) is 23.0 Å². The normalized spacial score (nSPS) is 19.1. The van der Waals surface area contributed by atoms with E-state index >= 15 is 4.39 Å². The van der Waals surface area contributed by atoms with E-state index in [1.54, 1.807) is 60.7 Å². The van der Waals surface area contributed by atoms with Crippen molar-refractivity contribution in [1.29, 1.82) is 0 Å². The van der Waals surface area contributed by atoms with Gasteiger partial charge in [0.15, 0.2) is 18.5 Å². The molecule has 0 saturated carbocycles. The van der Waals surface area contributed by atoms with Crippen LogP contribution in [0.4, 0.5) is 10.2 Å². The first-order valence-corrected chi connectivity index (χ1v) is 18.3. The van der Waals surface area contributed by atoms with Crippen molar-refractivity contribution < 1.29 is 27.9 Å². The van der Waals surface area contributed by atoms with Gasteiger partial charge in [0, 0.05) is 11.8 Å². The van der Waals surface area contributed by atoms with Gasteiger partial charge in [-0.2, -0.15) is 4.98 Å². The molecule has 1 aliphatic rings. The van der Waals surface area contributed by atoms with Crippen LogP contribution in [0.5, 0.6) is 0 Å². The van der Waals surface area contributed by atoms with Crippen LogP contribution in [0, 0.1) is 0 Å². The molecular formula is C39H38FN3O6Si. The number of rotatable bonds is 10. The van der Waals surface area contributed by atoms with E-state index in [1.165, 1.54) is 12.3 Å². The number of amides is 1. The summed E-state index contributed by atoms with van der Waals surface area (Å²) in [5.41, 5.74) is -0.231. The number of carbonyl (C=O) groups excluding carboxylic acids is 2. The quantitative estimate of drug-likeness (QED) is 0.152. The van der Waals surface area contributed by atoms with E-state index in [1.807, 2.05) is 60.7 Å². The van der Waals surface area contributed by atoms with Crippen molar-refractivity contribution in [2.24, 2.45) is 0 Å². The van der Waals surface area contributed by atoms with Gasteiger partial charge >= 0.3 is 11.7 Å². The first kappa shape index (κ1) is 34.6. The maximum Gasteiger partial charge on any atom is 0.351 e. The topological polar surface area (TPSA) is 109 Å². The van der Waals surface area contributed by atoms with Gasteiger partial charge in [-0.05, 0) is 45.7 Å². The monoisotopic (exact) mass is 691 g/mol. The molecule has 9 nitrogen and oxygen atoms in total. The third-order valence-electron chi connectivity index (χ3n) is 8.78. The Morgan fingerprint density at radius 2 is 1.34 bits per heavy atom. The molecule has 1 saturated heterocycles. The van der Waals surface area contributed by atoms with Crippen LogP contribution in [0.2, 0.25) is 5.04 Å². The molecule has 6 rings (SSSR count). The Kier molecular flexibility index (Phi) is 10.2. The predicted octanol–water partition coefficient (Wildman–Crippen LogP) is 5.53. The van der Waals surface area contributed by atoms with Crippen molar-refractivity contribution in [2.45, 2.75) is 50.4 Å². The molecule has 1 aliphatic heterocycles. The lowest BCUT2D eigenvalue weighted by atomic mass is 10.1. The fraction of sp³-hybridized carbons (Fsp3) is 0.231. The Labute approximate surface area is 290 Å². The minimum atomic E-state index is -3.10. The van der Waals surface area contributed by atoms with E-state index in [0.717, 1.165) is 14.9 Å². The minimum absolute atomic E-state index is 0.00729. The molecule has 4 aromatic carbocycles. The second-order valence-electron chi connectivity index (χ2n) is 13.0. The lowest BCUT2D eigenvalue weighted by molar-refractivity contribution is -0.0504. The molecule has 0 radical (unpaired) electrons. The molecule has 2 heterocycles. The van der Waals surface area contributed by atoms with Gasteiger partial charge < -0.3 is 19.2 Å². The van der Waals surface area contributed by atoms with Crippen LogP contribution in [0.15, 0.2) is 138 Å². The minimum Gasteiger partial charge on any atom is -0.453 e. The lowest BCUT2D eigenvalue weighted by Crippen LogP contribution is -2.67. The molecule has 1 amide bonds. The Morgan fingerprint density at radius 3 is 1.86 bits per heavy atom. The summed E-state index contributed by atoms with van der Waals surface area (Å²) in [6, 6.07) is 38.0. The molecule has 11 heteroatoms. The number of hydrogen-bond donors (Lipinski definition) is 1. The number of anilines is 1. The van der Waals surface area contributed by atoms with Gasteiger partial charge in [0.1, 0.15) is 11.9 Å². The highest BCUT2D eigenvalue weighted by Gasteiger charge is 2.54. The van der Waals surface area contributed by atoms with Gasteiger partial charge in [-0.15, -0.1) is 0 Å². The fourth-order valence-electron chi connectivity index (χ4n) is 6.38. The van der Waals surface area contributed by atoms with Gasteiger partial charge in [0.05, 0.1) is 12.2 Å². The van der Waals surface area contributed by atoms with E-state index in [9.17, 15) is 14.4 Å². The summed E-state index contributed by atoms with van der Waals surface area (Å²) >= 11 is 0. The van der Waals surface area contributed by atoms with Crippen molar-refractivity contribution in [3.05, 3.63) is 155 Å². The molecule has 1 fully saturated rings. The van der Waals surface area contributed by atoms with Crippen LogP contribution in [0.25, 0.3) is 0 Å². The maximum absolute atomic E-state index is 16.6. The van der Waals surface area contributed by atoms with Crippen LogP contribution in [-0.2, 0) is 13.9 Å². The first-order valence-electron chi connectivity index (χ1n) is 16.3. The largest absolute Gasteiger partial charge is 0.453 e. The highest BCUT2D eigenvalue weighted by atomic mass is 28.4. The number of alkyl halides is 1. The zero-order valence-corrected chi connectivity index (χ0v) is 28.9. The Balaban J connectivity index is 1.32. The molecule has 256 valence electrons. The highest BCUT2D eigenvalue weighted by molar-refractivity contribution is 6.99. The molecular weight excluding hydrogens is 654 g/mol. The van der Waals surface area contributed by atoms with Crippen molar-refractivity contribution in [1.82, 2.24) is 9.55 Å². The van der Waals surface area contributed by atoms with Crippen LogP contribution in [-0.4, -0.2) is 54.7 Å². The fourth-order valence-corrected chi connectivity index (χ4v) is 11.0. The number of carbonyl (C=O) groups is 2.